The van der Waals surface area contributed by atoms with Gasteiger partial charge in [-0.15, -0.1) is 11.3 Å². The number of hydrogen-bond donors (Lipinski definition) is 1. The topological polar surface area (TPSA) is 48.5 Å². The van der Waals surface area contributed by atoms with E-state index in [1.807, 2.05) is 24.9 Å². The molecule has 0 unspecified atom stereocenters. The van der Waals surface area contributed by atoms with Crippen LogP contribution in [0.3, 0.4) is 0 Å². The molecule has 1 rings (SSSR count). The van der Waals surface area contributed by atoms with Gasteiger partial charge in [-0.2, -0.15) is 0 Å². The number of nitrogens with zero attached hydrogens (tertiary/aromatic N) is 3. The Labute approximate surface area is 132 Å². The third-order valence-corrected chi connectivity index (χ3v) is 4.56. The minimum atomic E-state index is 0.223. The average Bonchev–Trinajstić information content (AvgIpc) is 2.95. The summed E-state index contributed by atoms with van der Waals surface area (Å²) in [7, 11) is 0. The molecule has 1 N–H and O–H groups in total. The van der Waals surface area contributed by atoms with E-state index in [0.29, 0.717) is 13.0 Å². The average molecular weight is 312 g/mol. The predicted molar refractivity (Wildman–Crippen MR) is 89.9 cm³/mol. The number of carbonyl (C=O) groups is 1. The maximum Gasteiger partial charge on any atom is 0.223 e. The fourth-order valence-corrected chi connectivity index (χ4v) is 3.17. The van der Waals surface area contributed by atoms with Crippen LogP contribution in [0.1, 0.15) is 39.0 Å². The number of hydrogen-bond acceptors (Lipinski definition) is 5. The monoisotopic (exact) mass is 312 g/mol. The van der Waals surface area contributed by atoms with Gasteiger partial charge in [0.15, 0.2) is 5.13 Å². The highest BCUT2D eigenvalue weighted by atomic mass is 32.1. The van der Waals surface area contributed by atoms with Gasteiger partial charge >= 0.3 is 0 Å². The molecule has 1 aromatic heterocycles. The van der Waals surface area contributed by atoms with Gasteiger partial charge in [0.1, 0.15) is 0 Å². The number of nitrogens with one attached hydrogen (secondary N) is 1. The molecule has 0 bridgehead atoms. The summed E-state index contributed by atoms with van der Waals surface area (Å²) < 4.78 is 0. The van der Waals surface area contributed by atoms with E-state index >= 15 is 0 Å². The molecule has 0 aromatic carbocycles. The fourth-order valence-electron chi connectivity index (χ4n) is 2.16. The van der Waals surface area contributed by atoms with Crippen LogP contribution in [0.25, 0.3) is 0 Å². The van der Waals surface area contributed by atoms with Crippen molar-refractivity contribution in [2.75, 3.05) is 37.6 Å². The Kier molecular flexibility index (Phi) is 8.30. The van der Waals surface area contributed by atoms with Crippen molar-refractivity contribution in [3.8, 4) is 0 Å². The first-order chi connectivity index (χ1) is 10.2. The minimum Gasteiger partial charge on any atom is -0.349 e. The molecule has 0 aliphatic heterocycles. The maximum absolute atomic E-state index is 11.9. The van der Waals surface area contributed by atoms with Gasteiger partial charge in [-0.3, -0.25) is 4.79 Å². The minimum absolute atomic E-state index is 0.223. The summed E-state index contributed by atoms with van der Waals surface area (Å²) in [6, 6.07) is 0. The van der Waals surface area contributed by atoms with Crippen molar-refractivity contribution in [3.05, 3.63) is 11.1 Å². The van der Waals surface area contributed by atoms with Crippen molar-refractivity contribution in [1.82, 2.24) is 15.2 Å². The van der Waals surface area contributed by atoms with E-state index in [1.54, 1.807) is 11.3 Å². The zero-order valence-electron chi connectivity index (χ0n) is 13.7. The molecular weight excluding hydrogens is 284 g/mol. The third-order valence-electron chi connectivity index (χ3n) is 3.51. The summed E-state index contributed by atoms with van der Waals surface area (Å²) in [5, 5.41) is 4.41. The predicted octanol–water partition coefficient (Wildman–Crippen LogP) is 2.34. The van der Waals surface area contributed by atoms with Gasteiger partial charge in [0, 0.05) is 56.8 Å². The lowest BCUT2D eigenvalue weighted by Crippen LogP contribution is -2.32. The van der Waals surface area contributed by atoms with Crippen molar-refractivity contribution >= 4 is 22.4 Å². The summed E-state index contributed by atoms with van der Waals surface area (Å²) in [4.78, 5) is 21.6. The van der Waals surface area contributed by atoms with Crippen LogP contribution in [0.2, 0.25) is 0 Å². The Morgan fingerprint density at radius 3 is 2.43 bits per heavy atom. The normalized spacial score (nSPS) is 10.7. The SMILES string of the molecule is CCN(CC)C(=O)CCNCc1cnc(N(CC)CC)s1. The Morgan fingerprint density at radius 2 is 1.86 bits per heavy atom. The van der Waals surface area contributed by atoms with Gasteiger partial charge < -0.3 is 15.1 Å². The van der Waals surface area contributed by atoms with Crippen LogP contribution in [0, 0.1) is 0 Å². The summed E-state index contributed by atoms with van der Waals surface area (Å²) in [6.45, 7) is 13.3. The summed E-state index contributed by atoms with van der Waals surface area (Å²) in [6.07, 6.45) is 2.49. The molecule has 0 saturated heterocycles. The highest BCUT2D eigenvalue weighted by Gasteiger charge is 2.09. The number of anilines is 1. The lowest BCUT2D eigenvalue weighted by atomic mass is 10.3. The van der Waals surface area contributed by atoms with E-state index in [2.05, 4.69) is 29.0 Å². The van der Waals surface area contributed by atoms with Crippen LogP contribution in [0.4, 0.5) is 5.13 Å². The molecule has 120 valence electrons. The molecule has 0 saturated carbocycles. The second kappa shape index (κ2) is 9.73. The van der Waals surface area contributed by atoms with Gasteiger partial charge in [0.25, 0.3) is 0 Å². The Bertz CT molecular complexity index is 414. The largest absolute Gasteiger partial charge is 0.349 e. The molecule has 1 heterocycles. The smallest absolute Gasteiger partial charge is 0.223 e. The van der Waals surface area contributed by atoms with Crippen LogP contribution >= 0.6 is 11.3 Å². The number of rotatable bonds is 10. The standard InChI is InChI=1S/C15H28N4OS/c1-5-18(6-2)14(20)9-10-16-11-13-12-17-15(21-13)19(7-3)8-4/h12,16H,5-11H2,1-4H3. The third kappa shape index (κ3) is 5.63. The highest BCUT2D eigenvalue weighted by molar-refractivity contribution is 7.15. The van der Waals surface area contributed by atoms with E-state index in [0.717, 1.165) is 37.9 Å². The van der Waals surface area contributed by atoms with Gasteiger partial charge in [-0.25, -0.2) is 4.98 Å². The van der Waals surface area contributed by atoms with Crippen molar-refractivity contribution < 1.29 is 4.79 Å². The molecule has 21 heavy (non-hydrogen) atoms. The summed E-state index contributed by atoms with van der Waals surface area (Å²) in [5.41, 5.74) is 0. The van der Waals surface area contributed by atoms with Gasteiger partial charge in [-0.05, 0) is 27.7 Å². The van der Waals surface area contributed by atoms with Crippen LogP contribution in [-0.4, -0.2) is 48.5 Å². The van der Waals surface area contributed by atoms with Crippen molar-refractivity contribution in [1.29, 1.82) is 0 Å². The molecule has 1 amide bonds. The van der Waals surface area contributed by atoms with Crippen LogP contribution < -0.4 is 10.2 Å². The molecule has 0 atom stereocenters. The molecule has 6 heteroatoms. The van der Waals surface area contributed by atoms with E-state index in [-0.39, 0.29) is 5.91 Å². The number of amides is 1. The Morgan fingerprint density at radius 1 is 1.19 bits per heavy atom. The molecule has 0 spiro atoms. The molecule has 5 nitrogen and oxygen atoms in total. The molecule has 0 aliphatic rings. The molecule has 1 aromatic rings. The fraction of sp³-hybridized carbons (Fsp3) is 0.733. The van der Waals surface area contributed by atoms with Crippen LogP contribution in [0.15, 0.2) is 6.20 Å². The Balaban J connectivity index is 2.32. The van der Waals surface area contributed by atoms with E-state index in [1.165, 1.54) is 4.88 Å². The van der Waals surface area contributed by atoms with Crippen molar-refractivity contribution in [2.24, 2.45) is 0 Å². The van der Waals surface area contributed by atoms with Crippen molar-refractivity contribution in [2.45, 2.75) is 40.7 Å². The first-order valence-corrected chi connectivity index (χ1v) is 8.65. The molecule has 0 fully saturated rings. The van der Waals surface area contributed by atoms with E-state index in [4.69, 9.17) is 0 Å². The molecule has 0 aliphatic carbocycles. The van der Waals surface area contributed by atoms with Gasteiger partial charge in [0.05, 0.1) is 0 Å². The second-order valence-corrected chi connectivity index (χ2v) is 5.87. The quantitative estimate of drug-likeness (QED) is 0.674. The number of thiazole rings is 1. The number of aromatic nitrogens is 1. The molecule has 0 radical (unpaired) electrons. The number of carbonyl (C=O) groups excluding carboxylic acids is 1. The van der Waals surface area contributed by atoms with Crippen LogP contribution in [0.5, 0.6) is 0 Å². The first kappa shape index (κ1) is 17.9. The lowest BCUT2D eigenvalue weighted by molar-refractivity contribution is -0.130. The summed E-state index contributed by atoms with van der Waals surface area (Å²) >= 11 is 1.72. The first-order valence-electron chi connectivity index (χ1n) is 7.84. The lowest BCUT2D eigenvalue weighted by Gasteiger charge is -2.18. The maximum atomic E-state index is 11.9. The summed E-state index contributed by atoms with van der Waals surface area (Å²) in [5.74, 6) is 0.223. The zero-order valence-corrected chi connectivity index (χ0v) is 14.5. The van der Waals surface area contributed by atoms with E-state index < -0.39 is 0 Å². The van der Waals surface area contributed by atoms with Crippen LogP contribution in [-0.2, 0) is 11.3 Å². The van der Waals surface area contributed by atoms with E-state index in [9.17, 15) is 4.79 Å². The zero-order chi connectivity index (χ0) is 15.7. The Hall–Kier alpha value is -1.14. The van der Waals surface area contributed by atoms with Gasteiger partial charge in [0.2, 0.25) is 5.91 Å². The molecular formula is C15H28N4OS. The van der Waals surface area contributed by atoms with Gasteiger partial charge in [-0.1, -0.05) is 0 Å². The second-order valence-electron chi connectivity index (χ2n) is 4.77. The highest BCUT2D eigenvalue weighted by Crippen LogP contribution is 2.21. The van der Waals surface area contributed by atoms with Crippen molar-refractivity contribution in [3.63, 3.8) is 0 Å².